The number of carbonyl (C=O) groups is 1. The molecule has 0 heterocycles. The first-order chi connectivity index (χ1) is 8.41. The van der Waals surface area contributed by atoms with Crippen LogP contribution >= 0.6 is 0 Å². The Morgan fingerprint density at radius 3 is 2.61 bits per heavy atom. The van der Waals surface area contributed by atoms with E-state index >= 15 is 0 Å². The number of rotatable bonds is 4. The van der Waals surface area contributed by atoms with Crippen LogP contribution in [0.1, 0.15) is 12.8 Å². The van der Waals surface area contributed by atoms with Crippen molar-refractivity contribution in [2.24, 2.45) is 11.1 Å². The molecule has 18 heavy (non-hydrogen) atoms. The lowest BCUT2D eigenvalue weighted by molar-refractivity contribution is -0.117. The number of hydrogen-bond donors (Lipinski definition) is 2. The Morgan fingerprint density at radius 2 is 2.11 bits per heavy atom. The zero-order valence-electron chi connectivity index (χ0n) is 9.84. The number of amides is 1. The van der Waals surface area contributed by atoms with Gasteiger partial charge in [-0.3, -0.25) is 4.79 Å². The molecule has 1 aromatic rings. The fraction of sp³-hybridized carbons (Fsp3) is 0.364. The zero-order valence-corrected chi connectivity index (χ0v) is 10.7. The van der Waals surface area contributed by atoms with Crippen LogP contribution in [-0.2, 0) is 14.8 Å². The predicted molar refractivity (Wildman–Crippen MR) is 65.7 cm³/mol. The molecule has 98 valence electrons. The topological polar surface area (TPSA) is 98.5 Å². The van der Waals surface area contributed by atoms with Crippen LogP contribution in [0.25, 0.3) is 0 Å². The Labute approximate surface area is 105 Å². The van der Waals surface area contributed by atoms with Crippen molar-refractivity contribution >= 4 is 21.6 Å². The van der Waals surface area contributed by atoms with Crippen molar-refractivity contribution in [2.75, 3.05) is 12.4 Å². The number of carbonyl (C=O) groups excluding carboxylic acids is 1. The minimum Gasteiger partial charge on any atom is -0.495 e. The number of nitrogens with one attached hydrogen (secondary N) is 1. The predicted octanol–water partition coefficient (Wildman–Crippen LogP) is 0.691. The van der Waals surface area contributed by atoms with Gasteiger partial charge in [-0.1, -0.05) is 0 Å². The molecule has 1 fully saturated rings. The number of ether oxygens (including phenoxy) is 1. The summed E-state index contributed by atoms with van der Waals surface area (Å²) in [6.45, 7) is 0. The largest absolute Gasteiger partial charge is 0.495 e. The summed E-state index contributed by atoms with van der Waals surface area (Å²) in [5.74, 6) is 0.139. The van der Waals surface area contributed by atoms with Gasteiger partial charge < -0.3 is 10.1 Å². The van der Waals surface area contributed by atoms with E-state index in [9.17, 15) is 13.2 Å². The molecule has 0 saturated heterocycles. The first-order valence-electron chi connectivity index (χ1n) is 5.43. The summed E-state index contributed by atoms with van der Waals surface area (Å²) < 4.78 is 27.5. The van der Waals surface area contributed by atoms with Crippen molar-refractivity contribution in [3.8, 4) is 5.75 Å². The number of primary sulfonamides is 1. The van der Waals surface area contributed by atoms with Crippen LogP contribution in [0, 0.1) is 5.92 Å². The highest BCUT2D eigenvalue weighted by molar-refractivity contribution is 7.89. The van der Waals surface area contributed by atoms with Crippen LogP contribution in [0.4, 0.5) is 5.69 Å². The number of anilines is 1. The van der Waals surface area contributed by atoms with Gasteiger partial charge in [0.05, 0.1) is 7.11 Å². The van der Waals surface area contributed by atoms with Crippen LogP contribution < -0.4 is 15.2 Å². The Kier molecular flexibility index (Phi) is 3.27. The van der Waals surface area contributed by atoms with E-state index in [1.807, 2.05) is 0 Å². The monoisotopic (exact) mass is 270 g/mol. The normalized spacial score (nSPS) is 15.2. The fourth-order valence-corrected chi connectivity index (χ4v) is 2.25. The molecule has 0 unspecified atom stereocenters. The molecule has 0 bridgehead atoms. The quantitative estimate of drug-likeness (QED) is 0.841. The minimum absolute atomic E-state index is 0.0552. The molecule has 1 amide bonds. The Hall–Kier alpha value is -1.60. The van der Waals surface area contributed by atoms with Gasteiger partial charge in [0.2, 0.25) is 15.9 Å². The molecule has 1 aliphatic rings. The molecule has 1 saturated carbocycles. The van der Waals surface area contributed by atoms with Gasteiger partial charge in [0.25, 0.3) is 0 Å². The van der Waals surface area contributed by atoms with Crippen molar-refractivity contribution < 1.29 is 17.9 Å². The van der Waals surface area contributed by atoms with Gasteiger partial charge in [-0.25, -0.2) is 13.6 Å². The summed E-state index contributed by atoms with van der Waals surface area (Å²) >= 11 is 0. The summed E-state index contributed by atoms with van der Waals surface area (Å²) in [6.07, 6.45) is 1.80. The van der Waals surface area contributed by atoms with Gasteiger partial charge >= 0.3 is 0 Å². The molecule has 6 nitrogen and oxygen atoms in total. The lowest BCUT2D eigenvalue weighted by atomic mass is 10.3. The zero-order chi connectivity index (χ0) is 13.3. The van der Waals surface area contributed by atoms with E-state index in [4.69, 9.17) is 9.88 Å². The average Bonchev–Trinajstić information content (AvgIpc) is 3.11. The van der Waals surface area contributed by atoms with Crippen molar-refractivity contribution in [1.29, 1.82) is 0 Å². The number of benzene rings is 1. The minimum atomic E-state index is -3.83. The Balaban J connectivity index is 2.26. The number of methoxy groups -OCH3 is 1. The molecule has 0 radical (unpaired) electrons. The van der Waals surface area contributed by atoms with Gasteiger partial charge in [-0.15, -0.1) is 0 Å². The SMILES string of the molecule is COc1cc(NC(=O)C2CC2)ccc1S(N)(=O)=O. The van der Waals surface area contributed by atoms with Crippen molar-refractivity contribution in [1.82, 2.24) is 0 Å². The van der Waals surface area contributed by atoms with E-state index in [1.54, 1.807) is 0 Å². The maximum Gasteiger partial charge on any atom is 0.241 e. The molecule has 2 rings (SSSR count). The molecule has 0 aromatic heterocycles. The van der Waals surface area contributed by atoms with Crippen LogP contribution in [-0.4, -0.2) is 21.4 Å². The molecule has 3 N–H and O–H groups in total. The third kappa shape index (κ3) is 2.80. The molecule has 0 aliphatic heterocycles. The number of nitrogens with two attached hydrogens (primary N) is 1. The van der Waals surface area contributed by atoms with Gasteiger partial charge in [-0.2, -0.15) is 0 Å². The smallest absolute Gasteiger partial charge is 0.241 e. The highest BCUT2D eigenvalue weighted by Crippen LogP contribution is 2.31. The van der Waals surface area contributed by atoms with Gasteiger partial charge in [0, 0.05) is 17.7 Å². The lowest BCUT2D eigenvalue weighted by Crippen LogP contribution is -2.15. The summed E-state index contributed by atoms with van der Waals surface area (Å²) in [5.41, 5.74) is 0.496. The van der Waals surface area contributed by atoms with E-state index in [2.05, 4.69) is 5.32 Å². The third-order valence-corrected chi connectivity index (χ3v) is 3.64. The summed E-state index contributed by atoms with van der Waals surface area (Å²) in [7, 11) is -2.49. The van der Waals surface area contributed by atoms with Crippen LogP contribution in [0.2, 0.25) is 0 Å². The maximum atomic E-state index is 11.6. The molecule has 0 spiro atoms. The van der Waals surface area contributed by atoms with Gasteiger partial charge in [0.15, 0.2) is 0 Å². The van der Waals surface area contributed by atoms with E-state index in [1.165, 1.54) is 25.3 Å². The molecular weight excluding hydrogens is 256 g/mol. The van der Waals surface area contributed by atoms with E-state index in [0.717, 1.165) is 12.8 Å². The second-order valence-corrected chi connectivity index (χ2v) is 5.70. The van der Waals surface area contributed by atoms with Gasteiger partial charge in [-0.05, 0) is 25.0 Å². The van der Waals surface area contributed by atoms with Crippen molar-refractivity contribution in [3.63, 3.8) is 0 Å². The Bertz CT molecular complexity index is 579. The average molecular weight is 270 g/mol. The third-order valence-electron chi connectivity index (χ3n) is 2.69. The van der Waals surface area contributed by atoms with E-state index in [-0.39, 0.29) is 22.5 Å². The van der Waals surface area contributed by atoms with E-state index < -0.39 is 10.0 Å². The molecule has 7 heteroatoms. The maximum absolute atomic E-state index is 11.6. The van der Waals surface area contributed by atoms with Crippen LogP contribution in [0.3, 0.4) is 0 Å². The summed E-state index contributed by atoms with van der Waals surface area (Å²) in [5, 5.41) is 7.75. The summed E-state index contributed by atoms with van der Waals surface area (Å²) in [6, 6.07) is 4.25. The van der Waals surface area contributed by atoms with Crippen molar-refractivity contribution in [2.45, 2.75) is 17.7 Å². The second kappa shape index (κ2) is 4.58. The number of sulfonamides is 1. The van der Waals surface area contributed by atoms with Crippen molar-refractivity contribution in [3.05, 3.63) is 18.2 Å². The highest BCUT2D eigenvalue weighted by Gasteiger charge is 2.29. The number of hydrogen-bond acceptors (Lipinski definition) is 4. The standard InChI is InChI=1S/C11H14N2O4S/c1-17-9-6-8(13-11(14)7-2-3-7)4-5-10(9)18(12,15)16/h4-7H,2-3H2,1H3,(H,13,14)(H2,12,15,16). The lowest BCUT2D eigenvalue weighted by Gasteiger charge is -2.10. The molecule has 1 aliphatic carbocycles. The van der Waals surface area contributed by atoms with Gasteiger partial charge in [0.1, 0.15) is 10.6 Å². The fourth-order valence-electron chi connectivity index (χ4n) is 1.57. The van der Waals surface area contributed by atoms with Crippen LogP contribution in [0.5, 0.6) is 5.75 Å². The molecule has 1 aromatic carbocycles. The Morgan fingerprint density at radius 1 is 1.44 bits per heavy atom. The van der Waals surface area contributed by atoms with Crippen LogP contribution in [0.15, 0.2) is 23.1 Å². The molecule has 0 atom stereocenters. The summed E-state index contributed by atoms with van der Waals surface area (Å²) in [4.78, 5) is 11.5. The van der Waals surface area contributed by atoms with E-state index in [0.29, 0.717) is 5.69 Å². The first-order valence-corrected chi connectivity index (χ1v) is 6.98. The second-order valence-electron chi connectivity index (χ2n) is 4.17. The highest BCUT2D eigenvalue weighted by atomic mass is 32.2. The first kappa shape index (κ1) is 12.8. The molecular formula is C11H14N2O4S.